The second-order valence-corrected chi connectivity index (χ2v) is 5.62. The number of nitrogens with zero attached hydrogens (tertiary/aromatic N) is 2. The van der Waals surface area contributed by atoms with Gasteiger partial charge in [-0.2, -0.15) is 0 Å². The number of pyridine rings is 1. The van der Waals surface area contributed by atoms with Gasteiger partial charge in [0.1, 0.15) is 17.8 Å². The van der Waals surface area contributed by atoms with E-state index in [4.69, 9.17) is 4.74 Å². The molecule has 0 saturated heterocycles. The van der Waals surface area contributed by atoms with Crippen molar-refractivity contribution in [2.45, 2.75) is 6.61 Å². The Hall–Kier alpha value is -3.47. The van der Waals surface area contributed by atoms with E-state index < -0.39 is 11.5 Å². The summed E-state index contributed by atoms with van der Waals surface area (Å²) in [7, 11) is 0. The number of ether oxygens (including phenoxy) is 1. The van der Waals surface area contributed by atoms with Gasteiger partial charge in [-0.15, -0.1) is 0 Å². The molecule has 122 valence electrons. The molecular formula is C20H14N2O3. The molecule has 0 aliphatic heterocycles. The van der Waals surface area contributed by atoms with Gasteiger partial charge < -0.3 is 4.74 Å². The maximum atomic E-state index is 12.8. The van der Waals surface area contributed by atoms with Crippen molar-refractivity contribution < 1.29 is 9.53 Å². The van der Waals surface area contributed by atoms with Gasteiger partial charge in [-0.05, 0) is 29.1 Å². The predicted molar refractivity (Wildman–Crippen MR) is 94.5 cm³/mol. The number of aromatic nitrogens is 2. The van der Waals surface area contributed by atoms with Crippen molar-refractivity contribution in [3.05, 3.63) is 94.4 Å². The number of para-hydroxylation sites is 1. The lowest BCUT2D eigenvalue weighted by molar-refractivity contribution is 0.0470. The minimum Gasteiger partial charge on any atom is -0.457 e. The van der Waals surface area contributed by atoms with Crippen LogP contribution in [-0.4, -0.2) is 15.4 Å². The molecule has 0 amide bonds. The number of hydrogen-bond acceptors (Lipinski definition) is 4. The molecule has 5 heteroatoms. The third-order valence-corrected chi connectivity index (χ3v) is 4.01. The summed E-state index contributed by atoms with van der Waals surface area (Å²) in [6.07, 6.45) is 1.28. The largest absolute Gasteiger partial charge is 0.457 e. The summed E-state index contributed by atoms with van der Waals surface area (Å²) in [5.41, 5.74) is 1.54. The zero-order valence-corrected chi connectivity index (χ0v) is 13.3. The van der Waals surface area contributed by atoms with Crippen LogP contribution >= 0.6 is 0 Å². The minimum absolute atomic E-state index is 0.0789. The Balaban J connectivity index is 1.75. The number of fused-ring (bicyclic) bond motifs is 3. The summed E-state index contributed by atoms with van der Waals surface area (Å²) in [6, 6.07) is 20.4. The van der Waals surface area contributed by atoms with E-state index in [9.17, 15) is 9.59 Å². The second-order valence-electron chi connectivity index (χ2n) is 5.62. The molecule has 25 heavy (non-hydrogen) atoms. The number of carbonyl (C=O) groups is 1. The summed E-state index contributed by atoms with van der Waals surface area (Å²) in [5.74, 6) is -0.677. The molecule has 0 unspecified atom stereocenters. The van der Waals surface area contributed by atoms with E-state index >= 15 is 0 Å². The van der Waals surface area contributed by atoms with Crippen LogP contribution in [0, 0.1) is 0 Å². The van der Waals surface area contributed by atoms with Gasteiger partial charge in [0.2, 0.25) is 0 Å². The Bertz CT molecular complexity index is 1130. The highest BCUT2D eigenvalue weighted by atomic mass is 16.5. The summed E-state index contributed by atoms with van der Waals surface area (Å²) >= 11 is 0. The molecule has 2 aromatic carbocycles. The highest BCUT2D eigenvalue weighted by molar-refractivity contribution is 5.90. The van der Waals surface area contributed by atoms with Crippen LogP contribution in [-0.2, 0) is 11.3 Å². The van der Waals surface area contributed by atoms with E-state index in [1.165, 1.54) is 10.6 Å². The number of carbonyl (C=O) groups excluding carboxylic acids is 1. The molecule has 0 spiro atoms. The maximum absolute atomic E-state index is 12.8. The Kier molecular flexibility index (Phi) is 3.74. The van der Waals surface area contributed by atoms with Crippen LogP contribution in [0.3, 0.4) is 0 Å². The average molecular weight is 330 g/mol. The minimum atomic E-state index is -0.677. The zero-order chi connectivity index (χ0) is 17.2. The molecule has 0 fully saturated rings. The lowest BCUT2D eigenvalue weighted by Crippen LogP contribution is -2.24. The third kappa shape index (κ3) is 2.76. The molecule has 4 aromatic rings. The first-order valence-corrected chi connectivity index (χ1v) is 7.84. The predicted octanol–water partition coefficient (Wildman–Crippen LogP) is 3.20. The Labute approximate surface area is 143 Å². The molecule has 4 rings (SSSR count). The topological polar surface area (TPSA) is 60.7 Å². The summed E-state index contributed by atoms with van der Waals surface area (Å²) in [4.78, 5) is 29.4. The second kappa shape index (κ2) is 6.20. The highest BCUT2D eigenvalue weighted by Gasteiger charge is 2.16. The SMILES string of the molecule is O=C(OCc1ccccc1)c1cnc2ccc3ccccc3n2c1=O. The fourth-order valence-electron chi connectivity index (χ4n) is 2.76. The number of esters is 1. The average Bonchev–Trinajstić information content (AvgIpc) is 2.67. The zero-order valence-electron chi connectivity index (χ0n) is 13.3. The Morgan fingerprint density at radius 1 is 0.960 bits per heavy atom. The first-order chi connectivity index (χ1) is 12.2. The molecule has 2 aromatic heterocycles. The molecule has 0 atom stereocenters. The van der Waals surface area contributed by atoms with Crippen LogP contribution in [0.2, 0.25) is 0 Å². The van der Waals surface area contributed by atoms with Gasteiger partial charge in [0.05, 0.1) is 5.52 Å². The Morgan fingerprint density at radius 3 is 2.56 bits per heavy atom. The van der Waals surface area contributed by atoms with Crippen LogP contribution in [0.5, 0.6) is 0 Å². The van der Waals surface area contributed by atoms with E-state index in [0.717, 1.165) is 10.9 Å². The standard InChI is InChI=1S/C20H14N2O3/c23-19-16(20(24)25-13-14-6-2-1-3-7-14)12-21-18-11-10-15-8-4-5-9-17(15)22(18)19/h1-12H,13H2. The molecule has 0 radical (unpaired) electrons. The van der Waals surface area contributed by atoms with Crippen LogP contribution in [0.25, 0.3) is 16.6 Å². The van der Waals surface area contributed by atoms with Crippen molar-refractivity contribution in [2.75, 3.05) is 0 Å². The molecule has 5 nitrogen and oxygen atoms in total. The fourth-order valence-corrected chi connectivity index (χ4v) is 2.76. The molecule has 0 aliphatic carbocycles. The van der Waals surface area contributed by atoms with Crippen molar-refractivity contribution in [1.82, 2.24) is 9.38 Å². The number of benzene rings is 2. The van der Waals surface area contributed by atoms with Gasteiger partial charge in [-0.25, -0.2) is 9.78 Å². The van der Waals surface area contributed by atoms with Crippen LogP contribution in [0.15, 0.2) is 77.7 Å². The first kappa shape index (κ1) is 15.1. The smallest absolute Gasteiger partial charge is 0.345 e. The van der Waals surface area contributed by atoms with Crippen LogP contribution < -0.4 is 5.56 Å². The number of rotatable bonds is 3. The molecule has 0 saturated carbocycles. The quantitative estimate of drug-likeness (QED) is 0.427. The van der Waals surface area contributed by atoms with Gasteiger partial charge in [-0.3, -0.25) is 9.20 Å². The normalized spacial score (nSPS) is 10.9. The van der Waals surface area contributed by atoms with E-state index in [2.05, 4.69) is 4.98 Å². The van der Waals surface area contributed by atoms with Crippen LogP contribution in [0.1, 0.15) is 15.9 Å². The van der Waals surface area contributed by atoms with Gasteiger partial charge in [-0.1, -0.05) is 48.5 Å². The lowest BCUT2D eigenvalue weighted by atomic mass is 10.2. The lowest BCUT2D eigenvalue weighted by Gasteiger charge is -2.08. The van der Waals surface area contributed by atoms with E-state index in [-0.39, 0.29) is 12.2 Å². The van der Waals surface area contributed by atoms with E-state index in [1.54, 1.807) is 6.07 Å². The molecular weight excluding hydrogens is 316 g/mol. The van der Waals surface area contributed by atoms with Gasteiger partial charge in [0.15, 0.2) is 0 Å². The summed E-state index contributed by atoms with van der Waals surface area (Å²) in [6.45, 7) is 0.108. The van der Waals surface area contributed by atoms with Gasteiger partial charge >= 0.3 is 5.97 Å². The third-order valence-electron chi connectivity index (χ3n) is 4.01. The van der Waals surface area contributed by atoms with Crippen molar-refractivity contribution in [3.8, 4) is 0 Å². The van der Waals surface area contributed by atoms with Crippen molar-refractivity contribution in [1.29, 1.82) is 0 Å². The number of hydrogen-bond donors (Lipinski definition) is 0. The highest BCUT2D eigenvalue weighted by Crippen LogP contribution is 2.14. The Morgan fingerprint density at radius 2 is 1.72 bits per heavy atom. The van der Waals surface area contributed by atoms with Crippen molar-refractivity contribution in [3.63, 3.8) is 0 Å². The van der Waals surface area contributed by atoms with Crippen molar-refractivity contribution in [2.24, 2.45) is 0 Å². The summed E-state index contributed by atoms with van der Waals surface area (Å²) in [5, 5.41) is 0.897. The van der Waals surface area contributed by atoms with Crippen molar-refractivity contribution >= 4 is 22.5 Å². The summed E-state index contributed by atoms with van der Waals surface area (Å²) < 4.78 is 6.70. The van der Waals surface area contributed by atoms with Crippen LogP contribution in [0.4, 0.5) is 0 Å². The monoisotopic (exact) mass is 330 g/mol. The molecule has 0 bridgehead atoms. The first-order valence-electron chi connectivity index (χ1n) is 7.84. The molecule has 2 heterocycles. The molecule has 0 aliphatic rings. The molecule has 0 N–H and O–H groups in total. The van der Waals surface area contributed by atoms with Gasteiger partial charge in [0.25, 0.3) is 5.56 Å². The fraction of sp³-hybridized carbons (Fsp3) is 0.0500. The van der Waals surface area contributed by atoms with Gasteiger partial charge in [0, 0.05) is 6.20 Å². The maximum Gasteiger partial charge on any atom is 0.345 e. The van der Waals surface area contributed by atoms with E-state index in [0.29, 0.717) is 11.2 Å². The van der Waals surface area contributed by atoms with E-state index in [1.807, 2.05) is 60.7 Å².